The number of hydrogen-bond acceptors (Lipinski definition) is 10. The smallest absolute Gasteiger partial charge is 0.248 e. The van der Waals surface area contributed by atoms with Gasteiger partial charge in [0.1, 0.15) is 36.1 Å². The van der Waals surface area contributed by atoms with E-state index in [1.165, 1.54) is 12.8 Å². The zero-order valence-electron chi connectivity index (χ0n) is 26.8. The molecule has 3 aliphatic heterocycles. The van der Waals surface area contributed by atoms with Crippen LogP contribution in [0.25, 0.3) is 11.3 Å². The van der Waals surface area contributed by atoms with Crippen LogP contribution in [-0.2, 0) is 11.2 Å². The van der Waals surface area contributed by atoms with E-state index in [2.05, 4.69) is 51.0 Å². The van der Waals surface area contributed by atoms with Crippen molar-refractivity contribution in [2.75, 3.05) is 78.0 Å². The lowest BCUT2D eigenvalue weighted by Gasteiger charge is -2.42. The van der Waals surface area contributed by atoms with Crippen molar-refractivity contribution >= 4 is 11.6 Å². The second kappa shape index (κ2) is 14.5. The van der Waals surface area contributed by atoms with E-state index < -0.39 is 6.61 Å². The van der Waals surface area contributed by atoms with Gasteiger partial charge in [-0.15, -0.1) is 0 Å². The Hall–Kier alpha value is -4.24. The summed E-state index contributed by atoms with van der Waals surface area (Å²) in [7, 11) is 3.94. The third-order valence-corrected chi connectivity index (χ3v) is 9.49. The van der Waals surface area contributed by atoms with Crippen LogP contribution in [0.4, 0.5) is 5.69 Å². The molecular formula is C35H43N7O4. The molecule has 0 aliphatic carbocycles. The number of aliphatic hydroxyl groups excluding tert-OH is 1. The Labute approximate surface area is 271 Å². The third-order valence-electron chi connectivity index (χ3n) is 9.49. The van der Waals surface area contributed by atoms with Gasteiger partial charge >= 0.3 is 0 Å². The number of carbonyl (C=O) groups excluding carboxylic acids is 1. The molecule has 3 aliphatic rings. The molecule has 1 unspecified atom stereocenters. The quantitative estimate of drug-likeness (QED) is 0.380. The first-order chi connectivity index (χ1) is 22.4. The molecule has 4 heterocycles. The van der Waals surface area contributed by atoms with Crippen molar-refractivity contribution in [1.82, 2.24) is 24.7 Å². The van der Waals surface area contributed by atoms with Crippen LogP contribution in [0.3, 0.4) is 0 Å². The van der Waals surface area contributed by atoms with Crippen molar-refractivity contribution in [3.05, 3.63) is 65.6 Å². The Morgan fingerprint density at radius 3 is 2.54 bits per heavy atom. The minimum absolute atomic E-state index is 0.226. The summed E-state index contributed by atoms with van der Waals surface area (Å²) in [6, 6.07) is 16.6. The second-order valence-corrected chi connectivity index (χ2v) is 12.4. The first kappa shape index (κ1) is 31.7. The van der Waals surface area contributed by atoms with Crippen LogP contribution >= 0.6 is 0 Å². The molecule has 0 radical (unpaired) electrons. The van der Waals surface area contributed by atoms with Gasteiger partial charge in [-0.1, -0.05) is 6.07 Å². The number of aromatic nitrogens is 2. The van der Waals surface area contributed by atoms with Crippen LogP contribution in [0.15, 0.2) is 48.7 Å². The SMILES string of the molecule is COc1cc(Cc2nccc(-c3ccc(OC4CCN(C(=O)CO)C4)c(C#N)c3)n2)ccc1N1CCC(N2CCN(C)CC2)CC1. The molecule has 1 aromatic heterocycles. The van der Waals surface area contributed by atoms with Crippen molar-refractivity contribution in [2.24, 2.45) is 0 Å². The van der Waals surface area contributed by atoms with Gasteiger partial charge in [-0.25, -0.2) is 9.97 Å². The van der Waals surface area contributed by atoms with Crippen LogP contribution in [0, 0.1) is 11.3 Å². The number of piperidine rings is 1. The molecule has 1 amide bonds. The number of likely N-dealkylation sites (tertiary alicyclic amines) is 1. The van der Waals surface area contributed by atoms with E-state index in [0.717, 1.165) is 67.5 Å². The summed E-state index contributed by atoms with van der Waals surface area (Å²) in [6.45, 7) is 7.09. The number of methoxy groups -OCH3 is 1. The van der Waals surface area contributed by atoms with Crippen molar-refractivity contribution in [3.8, 4) is 28.8 Å². The van der Waals surface area contributed by atoms with Crippen LogP contribution in [-0.4, -0.2) is 121 Å². The Morgan fingerprint density at radius 2 is 1.80 bits per heavy atom. The van der Waals surface area contributed by atoms with Crippen molar-refractivity contribution < 1.29 is 19.4 Å². The molecule has 3 aromatic rings. The largest absolute Gasteiger partial charge is 0.495 e. The molecule has 1 N–H and O–H groups in total. The molecule has 11 heteroatoms. The van der Waals surface area contributed by atoms with Gasteiger partial charge in [0.2, 0.25) is 5.91 Å². The van der Waals surface area contributed by atoms with Gasteiger partial charge in [-0.05, 0) is 61.9 Å². The summed E-state index contributed by atoms with van der Waals surface area (Å²) < 4.78 is 11.9. The maximum atomic E-state index is 11.8. The van der Waals surface area contributed by atoms with Crippen LogP contribution in [0.2, 0.25) is 0 Å². The van der Waals surface area contributed by atoms with Gasteiger partial charge in [0.15, 0.2) is 0 Å². The molecular weight excluding hydrogens is 582 g/mol. The van der Waals surface area contributed by atoms with E-state index in [0.29, 0.717) is 49.1 Å². The molecule has 6 rings (SSSR count). The second-order valence-electron chi connectivity index (χ2n) is 12.4. The summed E-state index contributed by atoms with van der Waals surface area (Å²) in [5.74, 6) is 1.71. The molecule has 2 aromatic carbocycles. The summed E-state index contributed by atoms with van der Waals surface area (Å²) in [4.78, 5) is 30.3. The zero-order valence-corrected chi connectivity index (χ0v) is 26.8. The van der Waals surface area contributed by atoms with Gasteiger partial charge in [0, 0.05) is 76.5 Å². The van der Waals surface area contributed by atoms with Crippen LogP contribution < -0.4 is 14.4 Å². The highest BCUT2D eigenvalue weighted by Crippen LogP contribution is 2.33. The molecule has 11 nitrogen and oxygen atoms in total. The van der Waals surface area contributed by atoms with E-state index in [1.807, 2.05) is 12.1 Å². The van der Waals surface area contributed by atoms with Crippen molar-refractivity contribution in [1.29, 1.82) is 5.26 Å². The minimum atomic E-state index is -0.513. The number of ether oxygens (including phenoxy) is 2. The lowest BCUT2D eigenvalue weighted by Crippen LogP contribution is -2.52. The normalized spacial score (nSPS) is 19.7. The zero-order chi connectivity index (χ0) is 32.0. The fourth-order valence-corrected chi connectivity index (χ4v) is 6.79. The number of hydrogen-bond donors (Lipinski definition) is 1. The number of nitriles is 1. The number of anilines is 1. The summed E-state index contributed by atoms with van der Waals surface area (Å²) in [5, 5.41) is 19.0. The summed E-state index contributed by atoms with van der Waals surface area (Å²) in [5.41, 5.74) is 4.12. The average Bonchev–Trinajstić information content (AvgIpc) is 3.57. The number of rotatable bonds is 9. The maximum absolute atomic E-state index is 11.8. The number of carbonyl (C=O) groups is 1. The van der Waals surface area contributed by atoms with Gasteiger partial charge in [-0.2, -0.15) is 5.26 Å². The molecule has 1 atom stereocenters. The Kier molecular flexibility index (Phi) is 9.97. The highest BCUT2D eigenvalue weighted by molar-refractivity contribution is 5.77. The number of benzene rings is 2. The van der Waals surface area contributed by atoms with Gasteiger partial charge < -0.3 is 29.3 Å². The first-order valence-corrected chi connectivity index (χ1v) is 16.2. The summed E-state index contributed by atoms with van der Waals surface area (Å²) >= 11 is 0. The van der Waals surface area contributed by atoms with Gasteiger partial charge in [0.05, 0.1) is 30.6 Å². The minimum Gasteiger partial charge on any atom is -0.495 e. The first-order valence-electron chi connectivity index (χ1n) is 16.2. The van der Waals surface area contributed by atoms with E-state index in [-0.39, 0.29) is 12.0 Å². The van der Waals surface area contributed by atoms with Gasteiger partial charge in [-0.3, -0.25) is 9.69 Å². The van der Waals surface area contributed by atoms with E-state index in [1.54, 1.807) is 30.3 Å². The lowest BCUT2D eigenvalue weighted by molar-refractivity contribution is -0.133. The van der Waals surface area contributed by atoms with Gasteiger partial charge in [0.25, 0.3) is 0 Å². The molecule has 0 saturated carbocycles. The topological polar surface area (TPSA) is 118 Å². The molecule has 46 heavy (non-hydrogen) atoms. The Balaban J connectivity index is 1.10. The van der Waals surface area contributed by atoms with E-state index in [9.17, 15) is 10.1 Å². The Morgan fingerprint density at radius 1 is 1.00 bits per heavy atom. The fraction of sp³-hybridized carbons (Fsp3) is 0.486. The number of piperazine rings is 1. The number of amides is 1. The molecule has 242 valence electrons. The number of likely N-dealkylation sites (N-methyl/N-ethyl adjacent to an activating group) is 1. The van der Waals surface area contributed by atoms with Crippen LogP contribution in [0.5, 0.6) is 11.5 Å². The Bertz CT molecular complexity index is 1560. The number of aliphatic hydroxyl groups is 1. The molecule has 3 fully saturated rings. The lowest BCUT2D eigenvalue weighted by atomic mass is 10.0. The van der Waals surface area contributed by atoms with Crippen molar-refractivity contribution in [3.63, 3.8) is 0 Å². The number of nitrogens with zero attached hydrogens (tertiary/aromatic N) is 7. The highest BCUT2D eigenvalue weighted by Gasteiger charge is 2.29. The highest BCUT2D eigenvalue weighted by atomic mass is 16.5. The van der Waals surface area contributed by atoms with Crippen molar-refractivity contribution in [2.45, 2.75) is 37.8 Å². The standard InChI is InChI=1S/C35H43N7O4/c1-39-15-17-40(18-16-39)28-8-12-41(13-9-28)31-5-3-25(19-33(31)45-2)20-34-37-11-7-30(38-34)26-4-6-32(27(21-26)22-36)46-29-10-14-42(23-29)35(44)24-43/h3-7,11,19,21,28-29,43H,8-10,12-18,20,23-24H2,1-2H3. The molecule has 3 saturated heterocycles. The predicted molar refractivity (Wildman–Crippen MR) is 175 cm³/mol. The molecule has 0 spiro atoms. The van der Waals surface area contributed by atoms with E-state index in [4.69, 9.17) is 19.6 Å². The third kappa shape index (κ3) is 7.25. The maximum Gasteiger partial charge on any atom is 0.248 e. The predicted octanol–water partition coefficient (Wildman–Crippen LogP) is 2.80. The fourth-order valence-electron chi connectivity index (χ4n) is 6.79. The van der Waals surface area contributed by atoms with E-state index >= 15 is 0 Å². The molecule has 0 bridgehead atoms. The summed E-state index contributed by atoms with van der Waals surface area (Å²) in [6.07, 6.45) is 5.05. The average molecular weight is 626 g/mol. The monoisotopic (exact) mass is 625 g/mol. The van der Waals surface area contributed by atoms with Crippen LogP contribution in [0.1, 0.15) is 36.2 Å².